The summed E-state index contributed by atoms with van der Waals surface area (Å²) in [6, 6.07) is 5.52. The van der Waals surface area contributed by atoms with E-state index in [1.54, 1.807) is 6.07 Å². The SMILES string of the molecule is COCC(=O)Nc1ccc2c(c1)[C@@H]1C[C@@H](CC(=O)NCCN3CCCCC3)O[C@@H](CO)[C@@H]1O2. The van der Waals surface area contributed by atoms with Crippen LogP contribution in [0.25, 0.3) is 0 Å². The zero-order chi connectivity index (χ0) is 23.2. The Labute approximate surface area is 194 Å². The second kappa shape index (κ2) is 11.3. The predicted octanol–water partition coefficient (Wildman–Crippen LogP) is 1.26. The van der Waals surface area contributed by atoms with Gasteiger partial charge in [-0.3, -0.25) is 9.59 Å². The number of likely N-dealkylation sites (tertiary alicyclic amines) is 1. The molecule has 9 nitrogen and oxygen atoms in total. The van der Waals surface area contributed by atoms with Gasteiger partial charge in [-0.25, -0.2) is 0 Å². The van der Waals surface area contributed by atoms with E-state index in [-0.39, 0.29) is 49.6 Å². The minimum atomic E-state index is -0.506. The molecule has 1 aromatic rings. The molecule has 0 saturated carbocycles. The Morgan fingerprint density at radius 3 is 2.79 bits per heavy atom. The van der Waals surface area contributed by atoms with E-state index in [1.165, 1.54) is 26.4 Å². The number of hydrogen-bond donors (Lipinski definition) is 3. The number of benzene rings is 1. The fourth-order valence-corrected chi connectivity index (χ4v) is 5.11. The van der Waals surface area contributed by atoms with Gasteiger partial charge in [0.15, 0.2) is 0 Å². The number of aliphatic hydroxyl groups is 1. The van der Waals surface area contributed by atoms with E-state index in [1.807, 2.05) is 12.1 Å². The van der Waals surface area contributed by atoms with Gasteiger partial charge in [0.1, 0.15) is 24.6 Å². The van der Waals surface area contributed by atoms with Gasteiger partial charge >= 0.3 is 0 Å². The highest BCUT2D eigenvalue weighted by molar-refractivity contribution is 5.91. The number of carbonyl (C=O) groups excluding carboxylic acids is 2. The summed E-state index contributed by atoms with van der Waals surface area (Å²) in [6.45, 7) is 3.53. The predicted molar refractivity (Wildman–Crippen MR) is 122 cm³/mol. The highest BCUT2D eigenvalue weighted by Gasteiger charge is 2.46. The van der Waals surface area contributed by atoms with Crippen LogP contribution in [0.1, 0.15) is 43.6 Å². The van der Waals surface area contributed by atoms with Crippen LogP contribution in [0.4, 0.5) is 5.69 Å². The third-order valence-corrected chi connectivity index (χ3v) is 6.67. The highest BCUT2D eigenvalue weighted by atomic mass is 16.6. The van der Waals surface area contributed by atoms with Gasteiger partial charge in [-0.2, -0.15) is 0 Å². The van der Waals surface area contributed by atoms with Crippen LogP contribution < -0.4 is 15.4 Å². The average Bonchev–Trinajstić information content (AvgIpc) is 3.17. The maximum absolute atomic E-state index is 12.6. The van der Waals surface area contributed by atoms with Gasteiger partial charge in [-0.1, -0.05) is 6.42 Å². The van der Waals surface area contributed by atoms with Crippen LogP contribution in [0.3, 0.4) is 0 Å². The van der Waals surface area contributed by atoms with Crippen molar-refractivity contribution < 1.29 is 28.9 Å². The number of piperidine rings is 1. The van der Waals surface area contributed by atoms with E-state index in [9.17, 15) is 14.7 Å². The smallest absolute Gasteiger partial charge is 0.250 e. The lowest BCUT2D eigenvalue weighted by Crippen LogP contribution is -2.47. The summed E-state index contributed by atoms with van der Waals surface area (Å²) in [5.41, 5.74) is 1.63. The Morgan fingerprint density at radius 1 is 1.21 bits per heavy atom. The van der Waals surface area contributed by atoms with Gasteiger partial charge in [-0.05, 0) is 50.6 Å². The zero-order valence-electron chi connectivity index (χ0n) is 19.3. The highest BCUT2D eigenvalue weighted by Crippen LogP contribution is 2.47. The summed E-state index contributed by atoms with van der Waals surface area (Å²) in [4.78, 5) is 26.8. The van der Waals surface area contributed by atoms with E-state index in [2.05, 4.69) is 15.5 Å². The third-order valence-electron chi connectivity index (χ3n) is 6.67. The fourth-order valence-electron chi connectivity index (χ4n) is 5.11. The molecule has 182 valence electrons. The zero-order valence-corrected chi connectivity index (χ0v) is 19.3. The van der Waals surface area contributed by atoms with Crippen molar-refractivity contribution in [2.75, 3.05) is 51.8 Å². The first-order valence-electron chi connectivity index (χ1n) is 11.9. The van der Waals surface area contributed by atoms with Gasteiger partial charge in [-0.15, -0.1) is 0 Å². The number of amides is 2. The minimum absolute atomic E-state index is 0.0173. The molecule has 0 unspecified atom stereocenters. The molecule has 0 spiro atoms. The Bertz CT molecular complexity index is 828. The number of anilines is 1. The van der Waals surface area contributed by atoms with Crippen molar-refractivity contribution >= 4 is 17.5 Å². The largest absolute Gasteiger partial charge is 0.487 e. The monoisotopic (exact) mass is 461 g/mol. The minimum Gasteiger partial charge on any atom is -0.487 e. The quantitative estimate of drug-likeness (QED) is 0.508. The Kier molecular flexibility index (Phi) is 8.19. The normalized spacial score (nSPS) is 26.7. The van der Waals surface area contributed by atoms with Crippen LogP contribution in [0.15, 0.2) is 18.2 Å². The standard InChI is InChI=1S/C24H35N3O6/c1-31-15-23(30)26-16-5-6-20-18(11-16)19-12-17(32-21(14-28)24(19)33-20)13-22(29)25-7-10-27-8-3-2-4-9-27/h5-6,11,17,19,21,24,28H,2-4,7-10,12-15H2,1H3,(H,25,29)(H,26,30)/t17-,19-,21-,24+/m0/s1. The number of rotatable bonds is 9. The first kappa shape index (κ1) is 23.9. The number of fused-ring (bicyclic) bond motifs is 3. The third kappa shape index (κ3) is 6.03. The van der Waals surface area contributed by atoms with Crippen LogP contribution in [0.2, 0.25) is 0 Å². The summed E-state index contributed by atoms with van der Waals surface area (Å²) in [6.07, 6.45) is 3.50. The molecular weight excluding hydrogens is 426 g/mol. The maximum atomic E-state index is 12.6. The van der Waals surface area contributed by atoms with E-state index < -0.39 is 6.10 Å². The molecule has 3 heterocycles. The molecule has 0 bridgehead atoms. The Hall–Kier alpha value is -2.20. The summed E-state index contributed by atoms with van der Waals surface area (Å²) < 4.78 is 17.0. The molecular formula is C24H35N3O6. The molecule has 0 aliphatic carbocycles. The molecule has 4 rings (SSSR count). The number of hydrogen-bond acceptors (Lipinski definition) is 7. The topological polar surface area (TPSA) is 109 Å². The molecule has 4 atom stereocenters. The second-order valence-corrected chi connectivity index (χ2v) is 9.09. The van der Waals surface area contributed by atoms with Gasteiger partial charge in [0.25, 0.3) is 0 Å². The van der Waals surface area contributed by atoms with Crippen molar-refractivity contribution in [2.24, 2.45) is 0 Å². The van der Waals surface area contributed by atoms with E-state index in [0.29, 0.717) is 18.7 Å². The average molecular weight is 462 g/mol. The van der Waals surface area contributed by atoms with Gasteiger partial charge in [0.2, 0.25) is 11.8 Å². The van der Waals surface area contributed by atoms with E-state index in [0.717, 1.165) is 30.9 Å². The first-order valence-corrected chi connectivity index (χ1v) is 11.9. The number of ether oxygens (including phenoxy) is 3. The van der Waals surface area contributed by atoms with Crippen LogP contribution in [-0.2, 0) is 19.1 Å². The maximum Gasteiger partial charge on any atom is 0.250 e. The van der Waals surface area contributed by atoms with E-state index >= 15 is 0 Å². The molecule has 3 aliphatic rings. The molecule has 33 heavy (non-hydrogen) atoms. The number of methoxy groups -OCH3 is 1. The summed E-state index contributed by atoms with van der Waals surface area (Å²) in [5.74, 6) is 0.443. The Morgan fingerprint density at radius 2 is 2.03 bits per heavy atom. The second-order valence-electron chi connectivity index (χ2n) is 9.09. The molecule has 3 aliphatic heterocycles. The van der Waals surface area contributed by atoms with E-state index in [4.69, 9.17) is 14.2 Å². The van der Waals surface area contributed by atoms with Crippen LogP contribution >= 0.6 is 0 Å². The first-order chi connectivity index (χ1) is 16.1. The van der Waals surface area contributed by atoms with Crippen LogP contribution in [-0.4, -0.2) is 86.6 Å². The number of nitrogens with one attached hydrogen (secondary N) is 2. The lowest BCUT2D eigenvalue weighted by molar-refractivity contribution is -0.142. The van der Waals surface area contributed by atoms with Crippen molar-refractivity contribution in [1.82, 2.24) is 10.2 Å². The number of nitrogens with zero attached hydrogens (tertiary/aromatic N) is 1. The molecule has 2 fully saturated rings. The summed E-state index contributed by atoms with van der Waals surface area (Å²) >= 11 is 0. The molecule has 2 saturated heterocycles. The fraction of sp³-hybridized carbons (Fsp3) is 0.667. The van der Waals surface area contributed by atoms with Crippen molar-refractivity contribution in [1.29, 1.82) is 0 Å². The number of aliphatic hydroxyl groups excluding tert-OH is 1. The molecule has 3 N–H and O–H groups in total. The summed E-state index contributed by atoms with van der Waals surface area (Å²) in [5, 5.41) is 15.7. The van der Waals surface area contributed by atoms with Crippen LogP contribution in [0, 0.1) is 0 Å². The van der Waals surface area contributed by atoms with Gasteiger partial charge in [0.05, 0.1) is 19.1 Å². The van der Waals surface area contributed by atoms with Gasteiger partial charge in [0, 0.05) is 37.4 Å². The van der Waals surface area contributed by atoms with Crippen molar-refractivity contribution in [3.63, 3.8) is 0 Å². The summed E-state index contributed by atoms with van der Waals surface area (Å²) in [7, 11) is 1.47. The molecule has 0 aromatic heterocycles. The molecule has 2 amide bonds. The van der Waals surface area contributed by atoms with Crippen molar-refractivity contribution in [3.8, 4) is 5.75 Å². The van der Waals surface area contributed by atoms with Gasteiger partial charge < -0.3 is 34.9 Å². The van der Waals surface area contributed by atoms with Crippen LogP contribution in [0.5, 0.6) is 5.75 Å². The lowest BCUT2D eigenvalue weighted by Gasteiger charge is -2.37. The molecule has 0 radical (unpaired) electrons. The molecule has 1 aromatic carbocycles. The van der Waals surface area contributed by atoms with Crippen molar-refractivity contribution in [3.05, 3.63) is 23.8 Å². The Balaban J connectivity index is 1.35. The molecule has 9 heteroatoms. The lowest BCUT2D eigenvalue weighted by atomic mass is 9.84. The number of carbonyl (C=O) groups is 2. The van der Waals surface area contributed by atoms with Crippen molar-refractivity contribution in [2.45, 2.75) is 56.3 Å².